The fraction of sp³-hybridized carbons (Fsp3) is 0.800. The summed E-state index contributed by atoms with van der Waals surface area (Å²) in [6.07, 6.45) is 13.1. The summed E-state index contributed by atoms with van der Waals surface area (Å²) < 4.78 is 0. The standard InChI is InChI=1S/C15H24O/c1-2-12-7-9-13(10-8-12)14-5-3-4-6-15(16)11-14/h11-13H,2-10H2,1H3. The van der Waals surface area contributed by atoms with Crippen LogP contribution in [0.15, 0.2) is 11.6 Å². The highest BCUT2D eigenvalue weighted by Crippen LogP contribution is 2.37. The Morgan fingerprint density at radius 1 is 1.12 bits per heavy atom. The second-order valence-corrected chi connectivity index (χ2v) is 5.52. The van der Waals surface area contributed by atoms with E-state index in [-0.39, 0.29) is 0 Å². The van der Waals surface area contributed by atoms with Crippen LogP contribution in [-0.2, 0) is 4.79 Å². The maximum Gasteiger partial charge on any atom is 0.155 e. The number of hydrogen-bond acceptors (Lipinski definition) is 1. The molecule has 0 N–H and O–H groups in total. The predicted molar refractivity (Wildman–Crippen MR) is 67.3 cm³/mol. The first-order valence-corrected chi connectivity index (χ1v) is 7.03. The van der Waals surface area contributed by atoms with Crippen molar-refractivity contribution < 1.29 is 4.79 Å². The van der Waals surface area contributed by atoms with Crippen LogP contribution in [0.4, 0.5) is 0 Å². The molecule has 1 nitrogen and oxygen atoms in total. The van der Waals surface area contributed by atoms with Crippen molar-refractivity contribution >= 4 is 5.78 Å². The van der Waals surface area contributed by atoms with Crippen molar-refractivity contribution in [2.75, 3.05) is 0 Å². The summed E-state index contributed by atoms with van der Waals surface area (Å²) in [5, 5.41) is 0. The summed E-state index contributed by atoms with van der Waals surface area (Å²) >= 11 is 0. The normalized spacial score (nSPS) is 32.1. The number of ketones is 1. The van der Waals surface area contributed by atoms with Gasteiger partial charge in [-0.1, -0.05) is 18.9 Å². The molecule has 1 fully saturated rings. The van der Waals surface area contributed by atoms with Crippen LogP contribution in [0.3, 0.4) is 0 Å². The van der Waals surface area contributed by atoms with Crippen LogP contribution in [0.5, 0.6) is 0 Å². The van der Waals surface area contributed by atoms with Crippen molar-refractivity contribution in [1.29, 1.82) is 0 Å². The zero-order chi connectivity index (χ0) is 11.4. The topological polar surface area (TPSA) is 17.1 Å². The van der Waals surface area contributed by atoms with Gasteiger partial charge in [0.25, 0.3) is 0 Å². The van der Waals surface area contributed by atoms with Gasteiger partial charge in [0.15, 0.2) is 5.78 Å². The van der Waals surface area contributed by atoms with Crippen molar-refractivity contribution in [3.05, 3.63) is 11.6 Å². The van der Waals surface area contributed by atoms with Crippen LogP contribution in [0, 0.1) is 11.8 Å². The van der Waals surface area contributed by atoms with Gasteiger partial charge in [0.05, 0.1) is 0 Å². The first-order chi connectivity index (χ1) is 7.79. The largest absolute Gasteiger partial charge is 0.295 e. The molecule has 0 saturated heterocycles. The molecule has 2 rings (SSSR count). The molecule has 0 spiro atoms. The monoisotopic (exact) mass is 220 g/mol. The number of hydrogen-bond donors (Lipinski definition) is 0. The Morgan fingerprint density at radius 2 is 1.81 bits per heavy atom. The van der Waals surface area contributed by atoms with Crippen LogP contribution in [0.1, 0.15) is 64.7 Å². The van der Waals surface area contributed by atoms with E-state index < -0.39 is 0 Å². The van der Waals surface area contributed by atoms with E-state index in [4.69, 9.17) is 0 Å². The second-order valence-electron chi connectivity index (χ2n) is 5.52. The maximum absolute atomic E-state index is 11.6. The molecule has 16 heavy (non-hydrogen) atoms. The third-order valence-corrected chi connectivity index (χ3v) is 4.43. The highest BCUT2D eigenvalue weighted by Gasteiger charge is 2.23. The minimum absolute atomic E-state index is 0.380. The van der Waals surface area contributed by atoms with E-state index in [0.29, 0.717) is 5.78 Å². The highest BCUT2D eigenvalue weighted by molar-refractivity contribution is 5.90. The van der Waals surface area contributed by atoms with E-state index in [9.17, 15) is 4.79 Å². The maximum atomic E-state index is 11.6. The molecular weight excluding hydrogens is 196 g/mol. The van der Waals surface area contributed by atoms with Crippen molar-refractivity contribution in [2.24, 2.45) is 11.8 Å². The lowest BCUT2D eigenvalue weighted by Crippen LogP contribution is -2.16. The van der Waals surface area contributed by atoms with Gasteiger partial charge in [-0.05, 0) is 62.9 Å². The van der Waals surface area contributed by atoms with Gasteiger partial charge in [-0.3, -0.25) is 4.79 Å². The number of allylic oxidation sites excluding steroid dienone is 2. The van der Waals surface area contributed by atoms with E-state index in [1.54, 1.807) is 0 Å². The van der Waals surface area contributed by atoms with Crippen molar-refractivity contribution in [2.45, 2.75) is 64.7 Å². The third-order valence-electron chi connectivity index (χ3n) is 4.43. The SMILES string of the molecule is CCC1CCC(C2=CC(=O)CCCC2)CC1. The molecule has 0 aliphatic heterocycles. The summed E-state index contributed by atoms with van der Waals surface area (Å²) in [5.41, 5.74) is 1.48. The zero-order valence-electron chi connectivity index (χ0n) is 10.5. The Bertz CT molecular complexity index is 269. The Hall–Kier alpha value is -0.590. The van der Waals surface area contributed by atoms with Gasteiger partial charge in [0, 0.05) is 6.42 Å². The smallest absolute Gasteiger partial charge is 0.155 e. The van der Waals surface area contributed by atoms with E-state index in [0.717, 1.165) is 24.7 Å². The lowest BCUT2D eigenvalue weighted by atomic mass is 9.76. The second kappa shape index (κ2) is 5.65. The highest BCUT2D eigenvalue weighted by atomic mass is 16.1. The molecule has 0 aromatic carbocycles. The van der Waals surface area contributed by atoms with Gasteiger partial charge in [0.2, 0.25) is 0 Å². The Labute approximate surface area is 99.3 Å². The molecule has 2 aliphatic carbocycles. The van der Waals surface area contributed by atoms with Crippen LogP contribution in [0.25, 0.3) is 0 Å². The molecule has 90 valence electrons. The van der Waals surface area contributed by atoms with Crippen LogP contribution in [0.2, 0.25) is 0 Å². The summed E-state index contributed by atoms with van der Waals surface area (Å²) in [5.74, 6) is 2.08. The summed E-state index contributed by atoms with van der Waals surface area (Å²) in [6, 6.07) is 0. The summed E-state index contributed by atoms with van der Waals surface area (Å²) in [4.78, 5) is 11.6. The average molecular weight is 220 g/mol. The molecule has 0 radical (unpaired) electrons. The van der Waals surface area contributed by atoms with E-state index in [2.05, 4.69) is 6.92 Å². The van der Waals surface area contributed by atoms with Gasteiger partial charge < -0.3 is 0 Å². The van der Waals surface area contributed by atoms with Crippen LogP contribution >= 0.6 is 0 Å². The van der Waals surface area contributed by atoms with Gasteiger partial charge in [-0.25, -0.2) is 0 Å². The lowest BCUT2D eigenvalue weighted by molar-refractivity contribution is -0.114. The molecular formula is C15H24O. The van der Waals surface area contributed by atoms with E-state index >= 15 is 0 Å². The first kappa shape index (κ1) is 11.9. The molecule has 0 bridgehead atoms. The van der Waals surface area contributed by atoms with E-state index in [1.165, 1.54) is 50.5 Å². The summed E-state index contributed by atoms with van der Waals surface area (Å²) in [7, 11) is 0. The third kappa shape index (κ3) is 2.96. The minimum atomic E-state index is 0.380. The zero-order valence-corrected chi connectivity index (χ0v) is 10.5. The molecule has 0 aromatic rings. The fourth-order valence-electron chi connectivity index (χ4n) is 3.24. The van der Waals surface area contributed by atoms with Gasteiger partial charge in [0.1, 0.15) is 0 Å². The lowest BCUT2D eigenvalue weighted by Gasteiger charge is -2.29. The average Bonchev–Trinajstić information content (AvgIpc) is 2.54. The molecule has 0 heterocycles. The molecule has 0 amide bonds. The van der Waals surface area contributed by atoms with Gasteiger partial charge >= 0.3 is 0 Å². The van der Waals surface area contributed by atoms with E-state index in [1.807, 2.05) is 6.08 Å². The predicted octanol–water partition coefficient (Wildman–Crippen LogP) is 4.27. The molecule has 1 heteroatoms. The summed E-state index contributed by atoms with van der Waals surface area (Å²) in [6.45, 7) is 2.30. The van der Waals surface area contributed by atoms with Crippen molar-refractivity contribution in [3.8, 4) is 0 Å². The molecule has 2 aliphatic rings. The van der Waals surface area contributed by atoms with Crippen LogP contribution < -0.4 is 0 Å². The molecule has 1 saturated carbocycles. The number of carbonyl (C=O) groups excluding carboxylic acids is 1. The Kier molecular flexibility index (Phi) is 4.20. The Morgan fingerprint density at radius 3 is 2.50 bits per heavy atom. The Balaban J connectivity index is 1.94. The first-order valence-electron chi connectivity index (χ1n) is 7.03. The minimum Gasteiger partial charge on any atom is -0.295 e. The number of carbonyl (C=O) groups is 1. The number of rotatable bonds is 2. The van der Waals surface area contributed by atoms with Gasteiger partial charge in [-0.2, -0.15) is 0 Å². The molecule has 0 atom stereocenters. The quantitative estimate of drug-likeness (QED) is 0.679. The molecule has 0 aromatic heterocycles. The molecule has 0 unspecified atom stereocenters. The van der Waals surface area contributed by atoms with Crippen molar-refractivity contribution in [3.63, 3.8) is 0 Å². The van der Waals surface area contributed by atoms with Gasteiger partial charge in [-0.15, -0.1) is 0 Å². The fourth-order valence-corrected chi connectivity index (χ4v) is 3.24. The van der Waals surface area contributed by atoms with Crippen LogP contribution in [-0.4, -0.2) is 5.78 Å². The van der Waals surface area contributed by atoms with Crippen molar-refractivity contribution in [1.82, 2.24) is 0 Å².